The standard InChI is InChI=1S/C14H22N2O/c1-10(2)12-5-4-6-13(8-12)16-14(17)7-11(3)9-15/h4-6,8,10-11H,7,9,15H2,1-3H3,(H,16,17). The molecule has 0 aliphatic rings. The minimum atomic E-state index is 0.0313. The van der Waals surface area contributed by atoms with Crippen LogP contribution in [0.1, 0.15) is 38.7 Å². The molecule has 0 spiro atoms. The molecule has 1 aromatic carbocycles. The highest BCUT2D eigenvalue weighted by atomic mass is 16.1. The van der Waals surface area contributed by atoms with Crippen LogP contribution in [0.25, 0.3) is 0 Å². The molecule has 17 heavy (non-hydrogen) atoms. The predicted molar refractivity (Wildman–Crippen MR) is 72.0 cm³/mol. The van der Waals surface area contributed by atoms with E-state index in [1.807, 2.05) is 25.1 Å². The molecule has 1 rings (SSSR count). The van der Waals surface area contributed by atoms with Gasteiger partial charge in [-0.25, -0.2) is 0 Å². The van der Waals surface area contributed by atoms with Gasteiger partial charge in [-0.15, -0.1) is 0 Å². The molecule has 0 aromatic heterocycles. The Morgan fingerprint density at radius 2 is 2.06 bits per heavy atom. The maximum absolute atomic E-state index is 11.7. The Balaban J connectivity index is 2.62. The summed E-state index contributed by atoms with van der Waals surface area (Å²) in [6, 6.07) is 7.98. The van der Waals surface area contributed by atoms with Crippen LogP contribution in [-0.2, 0) is 4.79 Å². The highest BCUT2D eigenvalue weighted by Gasteiger charge is 2.08. The fourth-order valence-corrected chi connectivity index (χ4v) is 1.59. The summed E-state index contributed by atoms with van der Waals surface area (Å²) in [4.78, 5) is 11.7. The number of carbonyl (C=O) groups is 1. The third-order valence-corrected chi connectivity index (χ3v) is 2.77. The molecular formula is C14H22N2O. The maximum atomic E-state index is 11.7. The van der Waals surface area contributed by atoms with Gasteiger partial charge in [-0.1, -0.05) is 32.9 Å². The van der Waals surface area contributed by atoms with Crippen molar-refractivity contribution in [3.8, 4) is 0 Å². The summed E-state index contributed by atoms with van der Waals surface area (Å²) in [5, 5.41) is 2.91. The van der Waals surface area contributed by atoms with Gasteiger partial charge in [0.15, 0.2) is 0 Å². The Morgan fingerprint density at radius 3 is 2.65 bits per heavy atom. The first-order chi connectivity index (χ1) is 8.02. The normalized spacial score (nSPS) is 12.5. The first-order valence-corrected chi connectivity index (χ1v) is 6.12. The highest BCUT2D eigenvalue weighted by molar-refractivity contribution is 5.90. The molecular weight excluding hydrogens is 212 g/mol. The molecule has 3 heteroatoms. The molecule has 0 aliphatic carbocycles. The van der Waals surface area contributed by atoms with Crippen molar-refractivity contribution in [2.24, 2.45) is 11.7 Å². The summed E-state index contributed by atoms with van der Waals surface area (Å²) >= 11 is 0. The van der Waals surface area contributed by atoms with Crippen molar-refractivity contribution < 1.29 is 4.79 Å². The average molecular weight is 234 g/mol. The van der Waals surface area contributed by atoms with Crippen LogP contribution >= 0.6 is 0 Å². The van der Waals surface area contributed by atoms with Crippen molar-refractivity contribution in [3.63, 3.8) is 0 Å². The van der Waals surface area contributed by atoms with Crippen molar-refractivity contribution in [1.29, 1.82) is 0 Å². The number of anilines is 1. The lowest BCUT2D eigenvalue weighted by Crippen LogP contribution is -2.20. The van der Waals surface area contributed by atoms with Gasteiger partial charge in [0.05, 0.1) is 0 Å². The lowest BCUT2D eigenvalue weighted by atomic mass is 10.0. The summed E-state index contributed by atoms with van der Waals surface area (Å²) in [5.41, 5.74) is 7.59. The maximum Gasteiger partial charge on any atom is 0.224 e. The predicted octanol–water partition coefficient (Wildman–Crippen LogP) is 2.73. The second-order valence-corrected chi connectivity index (χ2v) is 4.87. The van der Waals surface area contributed by atoms with Gasteiger partial charge in [-0.3, -0.25) is 4.79 Å². The Kier molecular flexibility index (Phi) is 5.16. The molecule has 0 bridgehead atoms. The third-order valence-electron chi connectivity index (χ3n) is 2.77. The quantitative estimate of drug-likeness (QED) is 0.823. The lowest BCUT2D eigenvalue weighted by Gasteiger charge is -2.11. The molecule has 0 saturated heterocycles. The van der Waals surface area contributed by atoms with E-state index in [-0.39, 0.29) is 11.8 Å². The molecule has 0 radical (unpaired) electrons. The molecule has 0 fully saturated rings. The number of nitrogens with one attached hydrogen (secondary N) is 1. The van der Waals surface area contributed by atoms with Crippen molar-refractivity contribution in [1.82, 2.24) is 0 Å². The van der Waals surface area contributed by atoms with E-state index in [9.17, 15) is 4.79 Å². The minimum absolute atomic E-state index is 0.0313. The van der Waals surface area contributed by atoms with Crippen LogP contribution < -0.4 is 11.1 Å². The van der Waals surface area contributed by atoms with Gasteiger partial charge in [0.25, 0.3) is 0 Å². The van der Waals surface area contributed by atoms with Gasteiger partial charge in [0.2, 0.25) is 5.91 Å². The second-order valence-electron chi connectivity index (χ2n) is 4.87. The van der Waals surface area contributed by atoms with Crippen LogP contribution in [0, 0.1) is 5.92 Å². The highest BCUT2D eigenvalue weighted by Crippen LogP contribution is 2.18. The van der Waals surface area contributed by atoms with Crippen LogP contribution in [0.15, 0.2) is 24.3 Å². The van der Waals surface area contributed by atoms with E-state index in [1.54, 1.807) is 0 Å². The molecule has 1 amide bonds. The minimum Gasteiger partial charge on any atom is -0.330 e. The van der Waals surface area contributed by atoms with Crippen molar-refractivity contribution in [3.05, 3.63) is 29.8 Å². The molecule has 0 heterocycles. The number of hydrogen-bond donors (Lipinski definition) is 2. The van der Waals surface area contributed by atoms with Crippen LogP contribution in [0.5, 0.6) is 0 Å². The fourth-order valence-electron chi connectivity index (χ4n) is 1.59. The largest absolute Gasteiger partial charge is 0.330 e. The summed E-state index contributed by atoms with van der Waals surface area (Å²) < 4.78 is 0. The molecule has 1 aromatic rings. The summed E-state index contributed by atoms with van der Waals surface area (Å²) in [7, 11) is 0. The Morgan fingerprint density at radius 1 is 1.35 bits per heavy atom. The molecule has 1 atom stereocenters. The van der Waals surface area contributed by atoms with Crippen LogP contribution in [0.4, 0.5) is 5.69 Å². The topological polar surface area (TPSA) is 55.1 Å². The lowest BCUT2D eigenvalue weighted by molar-refractivity contribution is -0.116. The Hall–Kier alpha value is -1.35. The molecule has 0 aliphatic heterocycles. The number of nitrogens with two attached hydrogens (primary N) is 1. The molecule has 94 valence electrons. The smallest absolute Gasteiger partial charge is 0.224 e. The van der Waals surface area contributed by atoms with E-state index < -0.39 is 0 Å². The van der Waals surface area contributed by atoms with E-state index in [2.05, 4.69) is 25.2 Å². The van der Waals surface area contributed by atoms with Gasteiger partial charge in [0.1, 0.15) is 0 Å². The van der Waals surface area contributed by atoms with E-state index in [0.29, 0.717) is 18.9 Å². The first-order valence-electron chi connectivity index (χ1n) is 6.12. The molecule has 3 nitrogen and oxygen atoms in total. The van der Waals surface area contributed by atoms with Crippen molar-refractivity contribution >= 4 is 11.6 Å². The molecule has 3 N–H and O–H groups in total. The number of rotatable bonds is 5. The fraction of sp³-hybridized carbons (Fsp3) is 0.500. The Bertz CT molecular complexity index is 374. The number of amides is 1. The zero-order valence-electron chi connectivity index (χ0n) is 10.9. The van der Waals surface area contributed by atoms with Gasteiger partial charge < -0.3 is 11.1 Å². The number of benzene rings is 1. The molecule has 1 unspecified atom stereocenters. The zero-order valence-corrected chi connectivity index (χ0v) is 10.9. The van der Waals surface area contributed by atoms with Crippen molar-refractivity contribution in [2.75, 3.05) is 11.9 Å². The van der Waals surface area contributed by atoms with Crippen molar-refractivity contribution in [2.45, 2.75) is 33.1 Å². The Labute approximate surface area is 103 Å². The van der Waals surface area contributed by atoms with Gasteiger partial charge in [-0.05, 0) is 36.1 Å². The van der Waals surface area contributed by atoms with Crippen LogP contribution in [-0.4, -0.2) is 12.5 Å². The SMILES string of the molecule is CC(CN)CC(=O)Nc1cccc(C(C)C)c1. The van der Waals surface area contributed by atoms with Crippen LogP contribution in [0.3, 0.4) is 0 Å². The van der Waals surface area contributed by atoms with E-state index in [4.69, 9.17) is 5.73 Å². The summed E-state index contributed by atoms with van der Waals surface area (Å²) in [5.74, 6) is 0.724. The van der Waals surface area contributed by atoms with E-state index in [0.717, 1.165) is 5.69 Å². The third kappa shape index (κ3) is 4.57. The number of hydrogen-bond acceptors (Lipinski definition) is 2. The summed E-state index contributed by atoms with van der Waals surface area (Å²) in [6.07, 6.45) is 0.475. The van der Waals surface area contributed by atoms with Gasteiger partial charge >= 0.3 is 0 Å². The zero-order chi connectivity index (χ0) is 12.8. The molecule has 0 saturated carbocycles. The monoisotopic (exact) mass is 234 g/mol. The first kappa shape index (κ1) is 13.7. The van der Waals surface area contributed by atoms with Gasteiger partial charge in [0, 0.05) is 12.1 Å². The summed E-state index contributed by atoms with van der Waals surface area (Å²) in [6.45, 7) is 6.79. The van der Waals surface area contributed by atoms with E-state index >= 15 is 0 Å². The van der Waals surface area contributed by atoms with Gasteiger partial charge in [-0.2, -0.15) is 0 Å². The number of carbonyl (C=O) groups excluding carboxylic acids is 1. The average Bonchev–Trinajstić information content (AvgIpc) is 2.28. The van der Waals surface area contributed by atoms with E-state index in [1.165, 1.54) is 5.56 Å². The van der Waals surface area contributed by atoms with Crippen LogP contribution in [0.2, 0.25) is 0 Å². The second kappa shape index (κ2) is 6.40.